The van der Waals surface area contributed by atoms with Gasteiger partial charge in [-0.25, -0.2) is 0 Å². The zero-order chi connectivity index (χ0) is 27.2. The van der Waals surface area contributed by atoms with Gasteiger partial charge in [-0.2, -0.15) is 0 Å². The van der Waals surface area contributed by atoms with E-state index in [1.165, 1.54) is 5.56 Å². The molecule has 38 heavy (non-hydrogen) atoms. The van der Waals surface area contributed by atoms with Crippen LogP contribution in [0.3, 0.4) is 0 Å². The summed E-state index contributed by atoms with van der Waals surface area (Å²) >= 11 is 0. The van der Waals surface area contributed by atoms with Crippen LogP contribution in [-0.2, 0) is 0 Å². The van der Waals surface area contributed by atoms with Gasteiger partial charge in [-0.1, -0.05) is 12.1 Å². The van der Waals surface area contributed by atoms with Crippen LogP contribution in [0.1, 0.15) is 36.5 Å². The number of anilines is 1. The van der Waals surface area contributed by atoms with E-state index in [1.54, 1.807) is 53.7 Å². The molecule has 0 radical (unpaired) electrons. The Labute approximate surface area is 224 Å². The number of hydrogen-bond donors (Lipinski definition) is 1. The standard InChI is InChI=1S/C30H37NO7/c1-19(30(32)21-8-10-24(33-2)27(16-21)35-4)38-26-11-7-20(15-28(26)36-5)22-13-14-31(18-22)23-9-12-25(34-3)29(17-23)37-6/h7-12,15-17,19,22,30,32H,13-14,18H2,1-6H3/t19-,22-,30+/m1/s1. The van der Waals surface area contributed by atoms with Gasteiger partial charge in [0.15, 0.2) is 34.5 Å². The molecule has 0 amide bonds. The molecule has 0 saturated carbocycles. The minimum atomic E-state index is -0.871. The van der Waals surface area contributed by atoms with Gasteiger partial charge in [-0.15, -0.1) is 0 Å². The molecule has 0 aromatic heterocycles. The minimum absolute atomic E-state index is 0.348. The first-order valence-electron chi connectivity index (χ1n) is 12.6. The van der Waals surface area contributed by atoms with Gasteiger partial charge in [-0.05, 0) is 60.9 Å². The quantitative estimate of drug-likeness (QED) is 0.366. The van der Waals surface area contributed by atoms with Crippen molar-refractivity contribution >= 4 is 5.69 Å². The lowest BCUT2D eigenvalue weighted by Gasteiger charge is -2.23. The van der Waals surface area contributed by atoms with Crippen LogP contribution in [0.15, 0.2) is 54.6 Å². The van der Waals surface area contributed by atoms with Crippen molar-refractivity contribution in [2.75, 3.05) is 53.5 Å². The third-order valence-corrected chi connectivity index (χ3v) is 7.09. The van der Waals surface area contributed by atoms with E-state index < -0.39 is 12.2 Å². The van der Waals surface area contributed by atoms with Crippen LogP contribution >= 0.6 is 0 Å². The molecule has 3 atom stereocenters. The lowest BCUT2D eigenvalue weighted by Crippen LogP contribution is -2.22. The Morgan fingerprint density at radius 1 is 0.711 bits per heavy atom. The third kappa shape index (κ3) is 5.70. The lowest BCUT2D eigenvalue weighted by molar-refractivity contribution is 0.0449. The van der Waals surface area contributed by atoms with E-state index in [4.69, 9.17) is 28.4 Å². The molecule has 3 aromatic carbocycles. The molecule has 1 aliphatic heterocycles. The maximum atomic E-state index is 10.9. The summed E-state index contributed by atoms with van der Waals surface area (Å²) in [4.78, 5) is 2.35. The van der Waals surface area contributed by atoms with Crippen LogP contribution in [-0.4, -0.2) is 59.8 Å². The highest BCUT2D eigenvalue weighted by atomic mass is 16.5. The number of methoxy groups -OCH3 is 5. The highest BCUT2D eigenvalue weighted by Gasteiger charge is 2.27. The molecule has 4 rings (SSSR count). The molecule has 1 saturated heterocycles. The van der Waals surface area contributed by atoms with E-state index in [9.17, 15) is 5.11 Å². The summed E-state index contributed by atoms with van der Waals surface area (Å²) in [5, 5.41) is 10.9. The van der Waals surface area contributed by atoms with Gasteiger partial charge in [0.05, 0.1) is 35.5 Å². The molecule has 1 fully saturated rings. The van der Waals surface area contributed by atoms with Crippen molar-refractivity contribution < 1.29 is 33.5 Å². The predicted octanol–water partition coefficient (Wildman–Crippen LogP) is 5.22. The van der Waals surface area contributed by atoms with E-state index in [0.717, 1.165) is 36.7 Å². The summed E-state index contributed by atoms with van der Waals surface area (Å²) in [6.45, 7) is 3.65. The average Bonchev–Trinajstić information content (AvgIpc) is 3.46. The first kappa shape index (κ1) is 27.3. The molecule has 0 bridgehead atoms. The second-order valence-corrected chi connectivity index (χ2v) is 9.26. The Kier molecular flexibility index (Phi) is 8.73. The fourth-order valence-electron chi connectivity index (χ4n) is 4.90. The van der Waals surface area contributed by atoms with Crippen LogP contribution in [0.2, 0.25) is 0 Å². The summed E-state index contributed by atoms with van der Waals surface area (Å²) in [6.07, 6.45) is -0.379. The molecule has 0 aliphatic carbocycles. The Morgan fingerprint density at radius 2 is 1.29 bits per heavy atom. The van der Waals surface area contributed by atoms with Gasteiger partial charge in [-0.3, -0.25) is 0 Å². The van der Waals surface area contributed by atoms with Gasteiger partial charge in [0, 0.05) is 30.8 Å². The maximum absolute atomic E-state index is 10.9. The third-order valence-electron chi connectivity index (χ3n) is 7.09. The largest absolute Gasteiger partial charge is 0.493 e. The Morgan fingerprint density at radius 3 is 1.95 bits per heavy atom. The molecule has 3 aromatic rings. The molecule has 1 N–H and O–H groups in total. The van der Waals surface area contributed by atoms with Gasteiger partial charge < -0.3 is 38.4 Å². The SMILES string of the molecule is COc1ccc([C@@H](O)[C@@H](C)Oc2ccc([C@@H]3CCN(c4ccc(OC)c(OC)c4)C3)cc2OC)cc1OC. The smallest absolute Gasteiger partial charge is 0.162 e. The van der Waals surface area contributed by atoms with E-state index >= 15 is 0 Å². The Balaban J connectivity index is 1.45. The lowest BCUT2D eigenvalue weighted by atomic mass is 9.98. The highest BCUT2D eigenvalue weighted by Crippen LogP contribution is 2.39. The molecule has 8 heteroatoms. The van der Waals surface area contributed by atoms with Crippen molar-refractivity contribution in [2.24, 2.45) is 0 Å². The zero-order valence-electron chi connectivity index (χ0n) is 22.9. The van der Waals surface area contributed by atoms with Crippen molar-refractivity contribution in [3.05, 3.63) is 65.7 Å². The van der Waals surface area contributed by atoms with Crippen molar-refractivity contribution in [3.8, 4) is 34.5 Å². The van der Waals surface area contributed by atoms with Gasteiger partial charge in [0.2, 0.25) is 0 Å². The number of aliphatic hydroxyl groups is 1. The number of benzene rings is 3. The average molecular weight is 524 g/mol. The molecule has 8 nitrogen and oxygen atoms in total. The molecular formula is C30H37NO7. The second-order valence-electron chi connectivity index (χ2n) is 9.26. The second kappa shape index (κ2) is 12.2. The van der Waals surface area contributed by atoms with Crippen LogP contribution in [0.25, 0.3) is 0 Å². The normalized spacial score (nSPS) is 16.5. The highest BCUT2D eigenvalue weighted by molar-refractivity contribution is 5.57. The number of rotatable bonds is 11. The van der Waals surface area contributed by atoms with E-state index in [1.807, 2.05) is 31.2 Å². The maximum Gasteiger partial charge on any atom is 0.162 e. The first-order valence-corrected chi connectivity index (χ1v) is 12.6. The summed E-state index contributed by atoms with van der Waals surface area (Å²) in [5.74, 6) is 4.17. The predicted molar refractivity (Wildman–Crippen MR) is 147 cm³/mol. The number of hydrogen-bond acceptors (Lipinski definition) is 8. The summed E-state index contributed by atoms with van der Waals surface area (Å²) in [6, 6.07) is 17.4. The minimum Gasteiger partial charge on any atom is -0.493 e. The van der Waals surface area contributed by atoms with Crippen molar-refractivity contribution in [1.82, 2.24) is 0 Å². The van der Waals surface area contributed by atoms with Crippen LogP contribution < -0.4 is 33.3 Å². The monoisotopic (exact) mass is 523 g/mol. The molecule has 1 heterocycles. The first-order chi connectivity index (χ1) is 18.4. The van der Waals surface area contributed by atoms with Crippen LogP contribution in [0.5, 0.6) is 34.5 Å². The van der Waals surface area contributed by atoms with Gasteiger partial charge in [0.25, 0.3) is 0 Å². The fraction of sp³-hybridized carbons (Fsp3) is 0.400. The van der Waals surface area contributed by atoms with Crippen LogP contribution in [0, 0.1) is 0 Å². The molecular weight excluding hydrogens is 486 g/mol. The summed E-state index contributed by atoms with van der Waals surface area (Å²) in [5.41, 5.74) is 2.97. The van der Waals surface area contributed by atoms with Gasteiger partial charge in [0.1, 0.15) is 12.2 Å². The van der Waals surface area contributed by atoms with Gasteiger partial charge >= 0.3 is 0 Å². The Hall–Kier alpha value is -3.78. The molecule has 0 spiro atoms. The number of aliphatic hydroxyl groups excluding tert-OH is 1. The van der Waals surface area contributed by atoms with Crippen molar-refractivity contribution in [3.63, 3.8) is 0 Å². The summed E-state index contributed by atoms with van der Waals surface area (Å²) in [7, 11) is 8.07. The van der Waals surface area contributed by atoms with E-state index in [-0.39, 0.29) is 0 Å². The zero-order valence-corrected chi connectivity index (χ0v) is 22.9. The molecule has 1 aliphatic rings. The van der Waals surface area contributed by atoms with Crippen molar-refractivity contribution in [2.45, 2.75) is 31.5 Å². The number of nitrogens with zero attached hydrogens (tertiary/aromatic N) is 1. The Bertz CT molecular complexity index is 1230. The summed E-state index contributed by atoms with van der Waals surface area (Å²) < 4.78 is 33.3. The topological polar surface area (TPSA) is 78.9 Å². The van der Waals surface area contributed by atoms with Crippen molar-refractivity contribution in [1.29, 1.82) is 0 Å². The number of ether oxygens (including phenoxy) is 6. The molecule has 0 unspecified atom stereocenters. The molecule has 204 valence electrons. The van der Waals surface area contributed by atoms with E-state index in [2.05, 4.69) is 17.0 Å². The fourth-order valence-corrected chi connectivity index (χ4v) is 4.90. The van der Waals surface area contributed by atoms with E-state index in [0.29, 0.717) is 34.5 Å². The van der Waals surface area contributed by atoms with Crippen LogP contribution in [0.4, 0.5) is 5.69 Å².